The number of rotatable bonds is 11. The van der Waals surface area contributed by atoms with Gasteiger partial charge in [-0.25, -0.2) is 9.78 Å². The number of aryl methyl sites for hydroxylation is 1. The van der Waals surface area contributed by atoms with Gasteiger partial charge in [-0.1, -0.05) is 26.8 Å². The third-order valence-electron chi connectivity index (χ3n) is 9.67. The maximum absolute atomic E-state index is 13.3. The number of allylic oxidation sites excluding steroid dienone is 1. The normalized spacial score (nSPS) is 22.4. The van der Waals surface area contributed by atoms with Crippen LogP contribution in [0, 0.1) is 23.7 Å². The number of esters is 1. The van der Waals surface area contributed by atoms with E-state index in [-0.39, 0.29) is 69.8 Å². The topological polar surface area (TPSA) is 148 Å². The molecule has 4 rings (SSSR count). The minimum atomic E-state index is -4.75. The first-order chi connectivity index (χ1) is 21.5. The van der Waals surface area contributed by atoms with Crippen molar-refractivity contribution in [3.8, 4) is 0 Å². The zero-order chi connectivity index (χ0) is 34.0. The largest absolute Gasteiger partial charge is 0.466 e. The van der Waals surface area contributed by atoms with Crippen LogP contribution in [0.25, 0.3) is 0 Å². The first-order valence-electron chi connectivity index (χ1n) is 14.9. The van der Waals surface area contributed by atoms with E-state index in [9.17, 15) is 37.1 Å². The zero-order valence-electron chi connectivity index (χ0n) is 26.2. The lowest BCUT2D eigenvalue weighted by atomic mass is 9.69. The van der Waals surface area contributed by atoms with Crippen molar-refractivity contribution in [1.29, 1.82) is 0 Å². The monoisotopic (exact) mass is 665 g/mol. The van der Waals surface area contributed by atoms with E-state index in [0.29, 0.717) is 5.92 Å². The first-order valence-corrected chi connectivity index (χ1v) is 15.7. The van der Waals surface area contributed by atoms with Crippen molar-refractivity contribution in [2.75, 3.05) is 12.4 Å². The smallest absolute Gasteiger partial charge is 0.443 e. The summed E-state index contributed by atoms with van der Waals surface area (Å²) in [5.74, 6) is -2.24. The van der Waals surface area contributed by atoms with Crippen molar-refractivity contribution in [2.45, 2.75) is 84.6 Å². The van der Waals surface area contributed by atoms with E-state index in [4.69, 9.17) is 0 Å². The molecule has 0 spiro atoms. The Bertz CT molecular complexity index is 1600. The predicted octanol–water partition coefficient (Wildman–Crippen LogP) is 4.21. The standard InChI is InChI=1S/C31H38F3N5O6S/c1-17-24(46-28(35-17)31(32,33)34)26(43)36-19(9-6-7-11-23(41)45-5)25(42)37-20-10-8-14-39(27(20)44)16-22(40)38-21-15-18-12-13-30(21,4)29(18,2)3/h7-8,10-11,14,18-19,21H,6,9,12-13,15-16H2,1-5H3,(H,36,43)(H,37,42)(H,38,40)/b11-7+/t18?,19-,21?,30?/m0/s1. The second-order valence-electron chi connectivity index (χ2n) is 12.5. The van der Waals surface area contributed by atoms with Crippen molar-refractivity contribution >= 4 is 40.7 Å². The summed E-state index contributed by atoms with van der Waals surface area (Å²) in [6, 6.07) is 1.49. The highest BCUT2D eigenvalue weighted by molar-refractivity contribution is 7.13. The molecule has 46 heavy (non-hydrogen) atoms. The summed E-state index contributed by atoms with van der Waals surface area (Å²) < 4.78 is 45.2. The van der Waals surface area contributed by atoms with Crippen molar-refractivity contribution in [2.24, 2.45) is 16.7 Å². The summed E-state index contributed by atoms with van der Waals surface area (Å²) >= 11 is 0.146. The highest BCUT2D eigenvalue weighted by Crippen LogP contribution is 2.65. The van der Waals surface area contributed by atoms with Gasteiger partial charge in [0.15, 0.2) is 5.01 Å². The van der Waals surface area contributed by atoms with Gasteiger partial charge in [0.05, 0.1) is 12.8 Å². The molecule has 3 amide bonds. The van der Waals surface area contributed by atoms with E-state index in [2.05, 4.69) is 46.4 Å². The van der Waals surface area contributed by atoms with E-state index in [1.54, 1.807) is 0 Å². The van der Waals surface area contributed by atoms with Gasteiger partial charge >= 0.3 is 12.1 Å². The number of halogens is 3. The van der Waals surface area contributed by atoms with E-state index in [0.717, 1.165) is 29.9 Å². The minimum Gasteiger partial charge on any atom is -0.466 e. The quantitative estimate of drug-likeness (QED) is 0.241. The molecule has 2 fully saturated rings. The molecule has 3 N–H and O–H groups in total. The Morgan fingerprint density at radius 1 is 1.24 bits per heavy atom. The van der Waals surface area contributed by atoms with Crippen LogP contribution < -0.4 is 21.5 Å². The summed E-state index contributed by atoms with van der Waals surface area (Å²) in [5.41, 5.74) is -0.940. The van der Waals surface area contributed by atoms with E-state index < -0.39 is 40.6 Å². The number of alkyl halides is 3. The summed E-state index contributed by atoms with van der Waals surface area (Å²) in [5, 5.41) is 6.79. The molecule has 2 saturated carbocycles. The number of pyridine rings is 1. The molecule has 2 aromatic heterocycles. The fourth-order valence-electron chi connectivity index (χ4n) is 6.52. The number of carbonyl (C=O) groups excluding carboxylic acids is 4. The highest BCUT2D eigenvalue weighted by Gasteiger charge is 2.61. The molecule has 3 unspecified atom stereocenters. The molecule has 0 aliphatic heterocycles. The van der Waals surface area contributed by atoms with Crippen LogP contribution in [0.15, 0.2) is 35.3 Å². The van der Waals surface area contributed by atoms with Crippen LogP contribution in [0.3, 0.4) is 0 Å². The third-order valence-corrected chi connectivity index (χ3v) is 10.9. The Morgan fingerprint density at radius 2 is 1.96 bits per heavy atom. The fourth-order valence-corrected chi connectivity index (χ4v) is 7.36. The van der Waals surface area contributed by atoms with Gasteiger partial charge in [0.1, 0.15) is 23.2 Å². The average Bonchev–Trinajstić information content (AvgIpc) is 3.54. The molecule has 2 heterocycles. The summed E-state index contributed by atoms with van der Waals surface area (Å²) in [7, 11) is 1.19. The summed E-state index contributed by atoms with van der Waals surface area (Å²) in [6.07, 6.45) is 2.24. The van der Waals surface area contributed by atoms with Gasteiger partial charge in [-0.05, 0) is 67.9 Å². The number of nitrogens with zero attached hydrogens (tertiary/aromatic N) is 2. The molecule has 15 heteroatoms. The van der Waals surface area contributed by atoms with Crippen molar-refractivity contribution in [3.63, 3.8) is 0 Å². The Balaban J connectivity index is 1.47. The van der Waals surface area contributed by atoms with E-state index in [1.165, 1.54) is 38.4 Å². The summed E-state index contributed by atoms with van der Waals surface area (Å²) in [6.45, 7) is 7.63. The zero-order valence-corrected chi connectivity index (χ0v) is 27.1. The first kappa shape index (κ1) is 34.9. The van der Waals surface area contributed by atoms with Crippen molar-refractivity contribution in [1.82, 2.24) is 20.2 Å². The van der Waals surface area contributed by atoms with Crippen LogP contribution >= 0.6 is 11.3 Å². The molecule has 250 valence electrons. The Hall–Kier alpha value is -4.01. The van der Waals surface area contributed by atoms with Crippen LogP contribution in [0.4, 0.5) is 18.9 Å². The molecular formula is C31H38F3N5O6S. The molecule has 2 aliphatic carbocycles. The van der Waals surface area contributed by atoms with Gasteiger partial charge in [0.25, 0.3) is 11.5 Å². The van der Waals surface area contributed by atoms with Crippen LogP contribution in [-0.2, 0) is 31.8 Å². The van der Waals surface area contributed by atoms with E-state index >= 15 is 0 Å². The Morgan fingerprint density at radius 3 is 2.54 bits per heavy atom. The predicted molar refractivity (Wildman–Crippen MR) is 164 cm³/mol. The number of fused-ring (bicyclic) bond motifs is 2. The number of carbonyl (C=O) groups is 4. The third kappa shape index (κ3) is 7.18. The number of anilines is 1. The Labute approximate surface area is 268 Å². The number of aromatic nitrogens is 2. The lowest BCUT2D eigenvalue weighted by Gasteiger charge is -2.39. The average molecular weight is 666 g/mol. The molecule has 0 radical (unpaired) electrons. The SMILES string of the molecule is COC(=O)/C=C/CC[C@H](NC(=O)c1sc(C(F)(F)F)nc1C)C(=O)Nc1cccn(CC(=O)NC2CC3CCC2(C)C3(C)C)c1=O. The number of hydrogen-bond donors (Lipinski definition) is 3. The van der Waals surface area contributed by atoms with Gasteiger partial charge in [-0.2, -0.15) is 13.2 Å². The molecule has 2 bridgehead atoms. The highest BCUT2D eigenvalue weighted by atomic mass is 32.1. The maximum Gasteiger partial charge on any atom is 0.443 e. The number of hydrogen-bond acceptors (Lipinski definition) is 8. The molecule has 2 aromatic rings. The minimum absolute atomic E-state index is 0.0145. The maximum atomic E-state index is 13.3. The molecule has 2 aliphatic rings. The Kier molecular flexibility index (Phi) is 10.1. The number of amides is 3. The number of thiazole rings is 1. The molecular weight excluding hydrogens is 627 g/mol. The summed E-state index contributed by atoms with van der Waals surface area (Å²) in [4.78, 5) is 67.1. The number of nitrogens with one attached hydrogen (secondary N) is 3. The van der Waals surface area contributed by atoms with Crippen LogP contribution in [-0.4, -0.2) is 52.4 Å². The van der Waals surface area contributed by atoms with Gasteiger partial charge in [0.2, 0.25) is 11.8 Å². The molecule has 0 saturated heterocycles. The van der Waals surface area contributed by atoms with Crippen LogP contribution in [0.5, 0.6) is 0 Å². The van der Waals surface area contributed by atoms with Gasteiger partial charge in [-0.15, -0.1) is 11.3 Å². The molecule has 11 nitrogen and oxygen atoms in total. The number of ether oxygens (including phenoxy) is 1. The molecule has 0 aromatic carbocycles. The van der Waals surface area contributed by atoms with E-state index in [1.807, 2.05) is 0 Å². The number of methoxy groups -OCH3 is 1. The van der Waals surface area contributed by atoms with Crippen molar-refractivity contribution < 1.29 is 37.1 Å². The lowest BCUT2D eigenvalue weighted by molar-refractivity contribution is -0.138. The van der Waals surface area contributed by atoms with Crippen LogP contribution in [0.2, 0.25) is 0 Å². The molecule has 4 atom stereocenters. The van der Waals surface area contributed by atoms with Gasteiger partial charge in [-0.3, -0.25) is 19.2 Å². The van der Waals surface area contributed by atoms with Gasteiger partial charge in [0, 0.05) is 18.3 Å². The second-order valence-corrected chi connectivity index (χ2v) is 13.5. The second kappa shape index (κ2) is 13.4. The fraction of sp³-hybridized carbons (Fsp3) is 0.548. The van der Waals surface area contributed by atoms with Crippen LogP contribution in [0.1, 0.15) is 73.2 Å². The lowest BCUT2D eigenvalue weighted by Crippen LogP contribution is -2.48. The van der Waals surface area contributed by atoms with Gasteiger partial charge < -0.3 is 25.3 Å². The van der Waals surface area contributed by atoms with Crippen molar-refractivity contribution in [3.05, 3.63) is 56.4 Å².